The monoisotopic (exact) mass is 446 g/mol. The van der Waals surface area contributed by atoms with Crippen molar-refractivity contribution >= 4 is 56.9 Å². The van der Waals surface area contributed by atoms with Gasteiger partial charge in [-0.05, 0) is 54.1 Å². The van der Waals surface area contributed by atoms with E-state index in [0.717, 1.165) is 21.8 Å². The largest absolute Gasteiger partial charge is 0.480 e. The number of carboxylic acid groups (broad SMARTS) is 1. The lowest BCUT2D eigenvalue weighted by atomic mass is 10.2. The van der Waals surface area contributed by atoms with Crippen LogP contribution in [0.25, 0.3) is 21.8 Å². The molecule has 0 saturated heterocycles. The normalized spacial score (nSPS) is 10.6. The lowest BCUT2D eigenvalue weighted by Crippen LogP contribution is -2.12. The smallest absolute Gasteiger partial charge is 0.325 e. The molecule has 0 fully saturated rings. The highest BCUT2D eigenvalue weighted by Crippen LogP contribution is 2.21. The molecule has 8 heteroatoms. The maximum atomic E-state index is 11.4. The summed E-state index contributed by atoms with van der Waals surface area (Å²) in [7, 11) is 0. The highest BCUT2D eigenvalue weighted by Gasteiger charge is 2.07. The molecule has 4 aromatic rings. The molecule has 2 aromatic carbocycles. The molecule has 0 atom stereocenters. The zero-order chi connectivity index (χ0) is 21.7. The second-order valence-electron chi connectivity index (χ2n) is 6.49. The van der Waals surface area contributed by atoms with Crippen LogP contribution in [0, 0.1) is 0 Å². The minimum Gasteiger partial charge on any atom is -0.480 e. The fourth-order valence-corrected chi connectivity index (χ4v) is 3.41. The van der Waals surface area contributed by atoms with E-state index in [1.807, 2.05) is 47.2 Å². The average molecular weight is 447 g/mol. The second kappa shape index (κ2) is 9.69. The van der Waals surface area contributed by atoms with Gasteiger partial charge in [-0.15, -0.1) is 0 Å². The third-order valence-electron chi connectivity index (χ3n) is 4.38. The van der Waals surface area contributed by atoms with Gasteiger partial charge in [0.1, 0.15) is 13.1 Å². The molecule has 0 saturated carbocycles. The van der Waals surface area contributed by atoms with E-state index in [1.165, 1.54) is 0 Å². The van der Waals surface area contributed by atoms with Crippen LogP contribution in [-0.2, 0) is 27.4 Å². The summed E-state index contributed by atoms with van der Waals surface area (Å²) in [6.07, 6.45) is 3.60. The van der Waals surface area contributed by atoms with E-state index >= 15 is 0 Å². The van der Waals surface area contributed by atoms with Crippen molar-refractivity contribution in [3.63, 3.8) is 0 Å². The van der Waals surface area contributed by atoms with Gasteiger partial charge >= 0.3 is 11.9 Å². The lowest BCUT2D eigenvalue weighted by molar-refractivity contribution is -0.143. The molecule has 0 aliphatic heterocycles. The van der Waals surface area contributed by atoms with E-state index in [1.54, 1.807) is 29.8 Å². The molecule has 2 aromatic heterocycles. The number of halogens is 2. The van der Waals surface area contributed by atoms with Crippen LogP contribution in [0.5, 0.6) is 0 Å². The Kier molecular flexibility index (Phi) is 7.03. The van der Waals surface area contributed by atoms with E-state index in [0.29, 0.717) is 16.7 Å². The molecule has 156 valence electrons. The van der Waals surface area contributed by atoms with E-state index < -0.39 is 5.97 Å². The maximum Gasteiger partial charge on any atom is 0.325 e. The van der Waals surface area contributed by atoms with Gasteiger partial charge in [0.05, 0.1) is 17.6 Å². The van der Waals surface area contributed by atoms with Crippen molar-refractivity contribution in [2.24, 2.45) is 0 Å². The Labute approximate surface area is 183 Å². The van der Waals surface area contributed by atoms with Gasteiger partial charge in [0.15, 0.2) is 0 Å². The summed E-state index contributed by atoms with van der Waals surface area (Å²) in [5, 5.41) is 12.0. The molecule has 6 nitrogen and oxygen atoms in total. The quantitative estimate of drug-likeness (QED) is 0.425. The van der Waals surface area contributed by atoms with Crippen molar-refractivity contribution in [3.8, 4) is 0 Å². The fourth-order valence-electron chi connectivity index (χ4n) is 3.08. The van der Waals surface area contributed by atoms with Gasteiger partial charge < -0.3 is 19.0 Å². The van der Waals surface area contributed by atoms with Crippen LogP contribution < -0.4 is 0 Å². The van der Waals surface area contributed by atoms with Crippen LogP contribution in [0.2, 0.25) is 10.0 Å². The van der Waals surface area contributed by atoms with Crippen molar-refractivity contribution in [1.29, 1.82) is 0 Å². The molecule has 0 aliphatic carbocycles. The third kappa shape index (κ3) is 5.34. The van der Waals surface area contributed by atoms with Crippen LogP contribution in [0.4, 0.5) is 0 Å². The standard InChI is InChI=1S/C12H12ClNO2.C10H8ClNO2/c1-2-16-12(15)8-14-6-5-9-3-4-10(13)7-11(9)14;11-8-2-1-7-3-4-12(6-10(13)14)9(7)5-8/h3-7H,2,8H2,1H3;1-5H,6H2,(H,13,14). The number of hydrogen-bond acceptors (Lipinski definition) is 3. The molecule has 4 rings (SSSR count). The number of fused-ring (bicyclic) bond motifs is 2. The topological polar surface area (TPSA) is 73.5 Å². The number of aliphatic carboxylic acids is 1. The second-order valence-corrected chi connectivity index (χ2v) is 7.37. The molecular weight excluding hydrogens is 427 g/mol. The van der Waals surface area contributed by atoms with Crippen molar-refractivity contribution in [3.05, 3.63) is 71.0 Å². The van der Waals surface area contributed by atoms with E-state index in [4.69, 9.17) is 33.0 Å². The van der Waals surface area contributed by atoms with E-state index in [2.05, 4.69) is 0 Å². The number of rotatable bonds is 5. The Bertz CT molecular complexity index is 1200. The molecular formula is C22H20Cl2N2O4. The van der Waals surface area contributed by atoms with Gasteiger partial charge in [-0.2, -0.15) is 0 Å². The van der Waals surface area contributed by atoms with Gasteiger partial charge in [-0.25, -0.2) is 0 Å². The molecule has 1 N–H and O–H groups in total. The minimum atomic E-state index is -0.859. The molecule has 0 unspecified atom stereocenters. The summed E-state index contributed by atoms with van der Waals surface area (Å²) in [5.74, 6) is -1.09. The minimum absolute atomic E-state index is 0.0379. The maximum absolute atomic E-state index is 11.4. The first-order valence-corrected chi connectivity index (χ1v) is 9.99. The van der Waals surface area contributed by atoms with E-state index in [-0.39, 0.29) is 19.1 Å². The number of ether oxygens (including phenoxy) is 1. The zero-order valence-corrected chi connectivity index (χ0v) is 17.7. The summed E-state index contributed by atoms with van der Waals surface area (Å²) >= 11 is 11.7. The number of carbonyl (C=O) groups excluding carboxylic acids is 1. The highest BCUT2D eigenvalue weighted by atomic mass is 35.5. The Morgan fingerprint density at radius 2 is 1.37 bits per heavy atom. The molecule has 0 spiro atoms. The first-order chi connectivity index (χ1) is 14.4. The zero-order valence-electron chi connectivity index (χ0n) is 16.2. The number of aromatic nitrogens is 2. The van der Waals surface area contributed by atoms with Crippen LogP contribution >= 0.6 is 23.2 Å². The average Bonchev–Trinajstić information content (AvgIpc) is 3.26. The number of esters is 1. The Balaban J connectivity index is 0.000000172. The molecule has 0 radical (unpaired) electrons. The van der Waals surface area contributed by atoms with Gasteiger partial charge in [0.2, 0.25) is 0 Å². The van der Waals surface area contributed by atoms with Gasteiger partial charge in [0, 0.05) is 22.4 Å². The third-order valence-corrected chi connectivity index (χ3v) is 4.85. The number of carbonyl (C=O) groups is 2. The Hall–Kier alpha value is -2.96. The van der Waals surface area contributed by atoms with Crippen LogP contribution in [0.15, 0.2) is 60.9 Å². The Morgan fingerprint density at radius 3 is 1.83 bits per heavy atom. The van der Waals surface area contributed by atoms with E-state index in [9.17, 15) is 9.59 Å². The van der Waals surface area contributed by atoms with Crippen molar-refractivity contribution < 1.29 is 19.4 Å². The molecule has 0 aliphatic rings. The Morgan fingerprint density at radius 1 is 0.867 bits per heavy atom. The van der Waals surface area contributed by atoms with Crippen molar-refractivity contribution in [1.82, 2.24) is 9.13 Å². The summed E-state index contributed by atoms with van der Waals surface area (Å²) in [4.78, 5) is 21.9. The summed E-state index contributed by atoms with van der Waals surface area (Å²) in [6.45, 7) is 2.38. The first-order valence-electron chi connectivity index (χ1n) is 9.23. The van der Waals surface area contributed by atoms with Crippen LogP contribution in [-0.4, -0.2) is 32.8 Å². The number of nitrogens with zero attached hydrogens (tertiary/aromatic N) is 2. The number of carboxylic acids is 1. The van der Waals surface area contributed by atoms with Crippen molar-refractivity contribution in [2.45, 2.75) is 20.0 Å². The predicted octanol–water partition coefficient (Wildman–Crippen LogP) is 5.24. The molecule has 0 amide bonds. The van der Waals surface area contributed by atoms with Gasteiger partial charge in [-0.3, -0.25) is 9.59 Å². The molecule has 2 heterocycles. The molecule has 30 heavy (non-hydrogen) atoms. The lowest BCUT2D eigenvalue weighted by Gasteiger charge is -2.05. The molecule has 0 bridgehead atoms. The highest BCUT2D eigenvalue weighted by molar-refractivity contribution is 6.31. The summed E-state index contributed by atoms with van der Waals surface area (Å²) in [6, 6.07) is 14.8. The van der Waals surface area contributed by atoms with Crippen molar-refractivity contribution in [2.75, 3.05) is 6.61 Å². The summed E-state index contributed by atoms with van der Waals surface area (Å²) in [5.41, 5.74) is 1.79. The first kappa shape index (κ1) is 21.7. The predicted molar refractivity (Wildman–Crippen MR) is 118 cm³/mol. The van der Waals surface area contributed by atoms with Crippen LogP contribution in [0.1, 0.15) is 6.92 Å². The SMILES string of the molecule is CCOC(=O)Cn1ccc2ccc(Cl)cc21.O=C(O)Cn1ccc2ccc(Cl)cc21. The van der Waals surface area contributed by atoms with Gasteiger partial charge in [-0.1, -0.05) is 35.3 Å². The number of hydrogen-bond donors (Lipinski definition) is 1. The number of benzene rings is 2. The van der Waals surface area contributed by atoms with Crippen LogP contribution in [0.3, 0.4) is 0 Å². The fraction of sp³-hybridized carbons (Fsp3) is 0.182. The van der Waals surface area contributed by atoms with Gasteiger partial charge in [0.25, 0.3) is 0 Å². The summed E-state index contributed by atoms with van der Waals surface area (Å²) < 4.78 is 8.39.